The number of rotatable bonds is 3. The minimum Gasteiger partial charge on any atom is -0.448 e. The van der Waals surface area contributed by atoms with E-state index in [2.05, 4.69) is 25.9 Å². The molecule has 1 saturated carbocycles. The van der Waals surface area contributed by atoms with Crippen LogP contribution in [-0.4, -0.2) is 22.9 Å². The first-order chi connectivity index (χ1) is 9.15. The fourth-order valence-electron chi connectivity index (χ4n) is 1.76. The Hall–Kier alpha value is -1.69. The summed E-state index contributed by atoms with van der Waals surface area (Å²) >= 11 is 3.36. The van der Waals surface area contributed by atoms with Gasteiger partial charge in [-0.05, 0) is 25.0 Å². The first-order valence-corrected chi connectivity index (χ1v) is 6.79. The highest BCUT2D eigenvalue weighted by molar-refractivity contribution is 9.10. The number of aromatic nitrogens is 2. The predicted molar refractivity (Wildman–Crippen MR) is 73.1 cm³/mol. The normalized spacial score (nSPS) is 14.4. The molecule has 0 spiro atoms. The average molecular weight is 322 g/mol. The minimum absolute atomic E-state index is 0.221. The monoisotopic (exact) mass is 321 g/mol. The highest BCUT2D eigenvalue weighted by Gasteiger charge is 2.30. The Bertz CT molecular complexity index is 622. The van der Waals surface area contributed by atoms with E-state index in [-0.39, 0.29) is 5.91 Å². The number of pyridine rings is 1. The second kappa shape index (κ2) is 4.77. The van der Waals surface area contributed by atoms with E-state index in [0.717, 1.165) is 17.3 Å². The molecule has 0 N–H and O–H groups in total. The Labute approximate surface area is 118 Å². The Morgan fingerprint density at radius 3 is 3.00 bits per heavy atom. The van der Waals surface area contributed by atoms with Crippen molar-refractivity contribution in [1.29, 1.82) is 0 Å². The van der Waals surface area contributed by atoms with Gasteiger partial charge in [-0.15, -0.1) is 0 Å². The third kappa shape index (κ3) is 2.53. The van der Waals surface area contributed by atoms with Crippen molar-refractivity contribution in [3.8, 4) is 0 Å². The van der Waals surface area contributed by atoms with Crippen LogP contribution in [0.15, 0.2) is 33.5 Å². The summed E-state index contributed by atoms with van der Waals surface area (Å²) in [5.74, 6) is 1.41. The molecular weight excluding hydrogens is 310 g/mol. The number of anilines is 1. The molecule has 0 atom stereocenters. The topological polar surface area (TPSA) is 59.2 Å². The maximum Gasteiger partial charge on any atom is 0.281 e. The molecule has 98 valence electrons. The van der Waals surface area contributed by atoms with Crippen molar-refractivity contribution in [3.63, 3.8) is 0 Å². The predicted octanol–water partition coefficient (Wildman–Crippen LogP) is 2.99. The van der Waals surface area contributed by atoms with Gasteiger partial charge in [0, 0.05) is 23.6 Å². The number of halogens is 1. The summed E-state index contributed by atoms with van der Waals surface area (Å²) in [5.41, 5.74) is 0.325. The van der Waals surface area contributed by atoms with E-state index in [0.29, 0.717) is 23.3 Å². The van der Waals surface area contributed by atoms with E-state index in [9.17, 15) is 4.79 Å². The lowest BCUT2D eigenvalue weighted by atomic mass is 10.3. The average Bonchev–Trinajstić information content (AvgIpc) is 3.15. The van der Waals surface area contributed by atoms with E-state index < -0.39 is 0 Å². The fraction of sp³-hybridized carbons (Fsp3) is 0.308. The first kappa shape index (κ1) is 12.3. The molecule has 2 aromatic rings. The van der Waals surface area contributed by atoms with Crippen molar-refractivity contribution in [2.45, 2.75) is 18.8 Å². The molecule has 19 heavy (non-hydrogen) atoms. The summed E-state index contributed by atoms with van der Waals surface area (Å²) in [6, 6.07) is 3.59. The standard InChI is InChI=1S/C13H12BrN3O2/c1-17(11-6-9(14)4-5-15-11)13(18)10-7-19-12(16-10)8-2-3-8/h4-8H,2-3H2,1H3. The van der Waals surface area contributed by atoms with Crippen LogP contribution in [0.5, 0.6) is 0 Å². The van der Waals surface area contributed by atoms with Crippen LogP contribution in [-0.2, 0) is 0 Å². The molecule has 0 radical (unpaired) electrons. The van der Waals surface area contributed by atoms with Gasteiger partial charge in [-0.3, -0.25) is 9.69 Å². The van der Waals surface area contributed by atoms with Gasteiger partial charge in [0.15, 0.2) is 11.6 Å². The maximum atomic E-state index is 12.3. The van der Waals surface area contributed by atoms with Gasteiger partial charge in [0.25, 0.3) is 5.91 Å². The summed E-state index contributed by atoms with van der Waals surface area (Å²) in [5, 5.41) is 0. The van der Waals surface area contributed by atoms with Gasteiger partial charge >= 0.3 is 0 Å². The molecular formula is C13H12BrN3O2. The van der Waals surface area contributed by atoms with Gasteiger partial charge in [0.05, 0.1) is 0 Å². The van der Waals surface area contributed by atoms with Crippen LogP contribution in [0, 0.1) is 0 Å². The van der Waals surface area contributed by atoms with E-state index >= 15 is 0 Å². The van der Waals surface area contributed by atoms with Crippen molar-refractivity contribution >= 4 is 27.7 Å². The van der Waals surface area contributed by atoms with Crippen LogP contribution in [0.2, 0.25) is 0 Å². The molecule has 3 rings (SSSR count). The second-order valence-corrected chi connectivity index (χ2v) is 5.46. The number of hydrogen-bond donors (Lipinski definition) is 0. The van der Waals surface area contributed by atoms with Crippen LogP contribution >= 0.6 is 15.9 Å². The van der Waals surface area contributed by atoms with E-state index in [1.807, 2.05) is 6.07 Å². The Kier molecular flexibility index (Phi) is 3.10. The number of oxazole rings is 1. The Morgan fingerprint density at radius 2 is 2.32 bits per heavy atom. The lowest BCUT2D eigenvalue weighted by molar-refractivity contribution is 0.0987. The zero-order chi connectivity index (χ0) is 13.4. The van der Waals surface area contributed by atoms with E-state index in [4.69, 9.17) is 4.42 Å². The van der Waals surface area contributed by atoms with Crippen molar-refractivity contribution in [2.24, 2.45) is 0 Å². The Balaban J connectivity index is 1.81. The fourth-order valence-corrected chi connectivity index (χ4v) is 2.08. The van der Waals surface area contributed by atoms with Crippen molar-refractivity contribution < 1.29 is 9.21 Å². The van der Waals surface area contributed by atoms with Crippen LogP contribution in [0.1, 0.15) is 35.1 Å². The molecule has 0 aliphatic heterocycles. The SMILES string of the molecule is CN(C(=O)c1coc(C2CC2)n1)c1cc(Br)ccn1. The molecule has 1 fully saturated rings. The van der Waals surface area contributed by atoms with Crippen LogP contribution < -0.4 is 4.90 Å². The van der Waals surface area contributed by atoms with Crippen LogP contribution in [0.4, 0.5) is 5.82 Å². The minimum atomic E-state index is -0.221. The molecule has 2 heterocycles. The van der Waals surface area contributed by atoms with Crippen LogP contribution in [0.25, 0.3) is 0 Å². The lowest BCUT2D eigenvalue weighted by Gasteiger charge is -2.14. The molecule has 1 aliphatic carbocycles. The summed E-state index contributed by atoms with van der Waals surface area (Å²) in [6.07, 6.45) is 5.25. The summed E-state index contributed by atoms with van der Waals surface area (Å²) in [7, 11) is 1.67. The van der Waals surface area contributed by atoms with Crippen LogP contribution in [0.3, 0.4) is 0 Å². The molecule has 2 aromatic heterocycles. The summed E-state index contributed by atoms with van der Waals surface area (Å²) in [6.45, 7) is 0. The molecule has 0 unspecified atom stereocenters. The molecule has 6 heteroatoms. The highest BCUT2D eigenvalue weighted by atomic mass is 79.9. The molecule has 5 nitrogen and oxygen atoms in total. The molecule has 1 aliphatic rings. The number of carbonyl (C=O) groups is 1. The van der Waals surface area contributed by atoms with E-state index in [1.54, 1.807) is 19.3 Å². The largest absolute Gasteiger partial charge is 0.448 e. The van der Waals surface area contributed by atoms with Crippen molar-refractivity contribution in [2.75, 3.05) is 11.9 Å². The number of carbonyl (C=O) groups excluding carboxylic acids is 1. The smallest absolute Gasteiger partial charge is 0.281 e. The molecule has 1 amide bonds. The van der Waals surface area contributed by atoms with Gasteiger partial charge in [-0.2, -0.15) is 0 Å². The molecule has 0 bridgehead atoms. The number of amides is 1. The quantitative estimate of drug-likeness (QED) is 0.872. The van der Waals surface area contributed by atoms with Gasteiger partial charge in [-0.25, -0.2) is 9.97 Å². The second-order valence-electron chi connectivity index (χ2n) is 4.54. The highest BCUT2D eigenvalue weighted by Crippen LogP contribution is 2.39. The van der Waals surface area contributed by atoms with E-state index in [1.165, 1.54) is 11.2 Å². The summed E-state index contributed by atoms with van der Waals surface area (Å²) < 4.78 is 6.20. The number of hydrogen-bond acceptors (Lipinski definition) is 4. The Morgan fingerprint density at radius 1 is 1.53 bits per heavy atom. The summed E-state index contributed by atoms with van der Waals surface area (Å²) in [4.78, 5) is 22.1. The van der Waals surface area contributed by atoms with Gasteiger partial charge in [0.1, 0.15) is 12.1 Å². The third-order valence-electron chi connectivity index (χ3n) is 3.02. The molecule has 0 saturated heterocycles. The number of nitrogens with zero attached hydrogens (tertiary/aromatic N) is 3. The van der Waals surface area contributed by atoms with Crippen molar-refractivity contribution in [1.82, 2.24) is 9.97 Å². The van der Waals surface area contributed by atoms with Gasteiger partial charge in [0.2, 0.25) is 0 Å². The third-order valence-corrected chi connectivity index (χ3v) is 3.52. The lowest BCUT2D eigenvalue weighted by Crippen LogP contribution is -2.27. The molecule has 0 aromatic carbocycles. The van der Waals surface area contributed by atoms with Gasteiger partial charge < -0.3 is 4.42 Å². The zero-order valence-electron chi connectivity index (χ0n) is 10.3. The first-order valence-electron chi connectivity index (χ1n) is 6.00. The maximum absolute atomic E-state index is 12.3. The zero-order valence-corrected chi connectivity index (χ0v) is 11.9. The van der Waals surface area contributed by atoms with Gasteiger partial charge in [-0.1, -0.05) is 15.9 Å². The van der Waals surface area contributed by atoms with Crippen molar-refractivity contribution in [3.05, 3.63) is 40.7 Å².